The zero-order chi connectivity index (χ0) is 26.3. The molecular formula is C30H36O6. The summed E-state index contributed by atoms with van der Waals surface area (Å²) in [5, 5.41) is 21.2. The maximum absolute atomic E-state index is 12.5. The first-order valence-corrected chi connectivity index (χ1v) is 12.4. The van der Waals surface area contributed by atoms with Gasteiger partial charge >= 0.3 is 11.9 Å². The summed E-state index contributed by atoms with van der Waals surface area (Å²) in [6.45, 7) is 7.87. The summed E-state index contributed by atoms with van der Waals surface area (Å²) < 4.78 is 10.3. The van der Waals surface area contributed by atoms with Crippen molar-refractivity contribution >= 4 is 11.9 Å². The molecule has 6 heteroatoms. The molecule has 2 N–H and O–H groups in total. The quantitative estimate of drug-likeness (QED) is 0.322. The molecule has 0 unspecified atom stereocenters. The van der Waals surface area contributed by atoms with Crippen molar-refractivity contribution in [2.24, 2.45) is 5.92 Å². The van der Waals surface area contributed by atoms with Gasteiger partial charge in [-0.05, 0) is 47.1 Å². The van der Waals surface area contributed by atoms with Crippen molar-refractivity contribution < 1.29 is 29.3 Å². The molecule has 0 radical (unpaired) electrons. The van der Waals surface area contributed by atoms with Crippen LogP contribution in [0, 0.1) is 5.92 Å². The van der Waals surface area contributed by atoms with E-state index >= 15 is 0 Å². The second kappa shape index (κ2) is 12.2. The van der Waals surface area contributed by atoms with E-state index in [4.69, 9.17) is 9.47 Å². The Labute approximate surface area is 213 Å². The summed E-state index contributed by atoms with van der Waals surface area (Å²) >= 11 is 0. The molecule has 0 spiro atoms. The van der Waals surface area contributed by atoms with Gasteiger partial charge in [-0.15, -0.1) is 0 Å². The van der Waals surface area contributed by atoms with E-state index in [-0.39, 0.29) is 30.8 Å². The molecule has 1 aliphatic carbocycles. The van der Waals surface area contributed by atoms with E-state index in [9.17, 15) is 19.8 Å². The molecule has 0 saturated carbocycles. The Morgan fingerprint density at radius 1 is 1.08 bits per heavy atom. The summed E-state index contributed by atoms with van der Waals surface area (Å²) in [6, 6.07) is 16.4. The minimum absolute atomic E-state index is 0.0143. The Hall–Kier alpha value is -3.22. The van der Waals surface area contributed by atoms with Crippen molar-refractivity contribution in [2.75, 3.05) is 13.7 Å². The van der Waals surface area contributed by atoms with Crippen molar-refractivity contribution in [3.05, 3.63) is 84.0 Å². The molecule has 0 saturated heterocycles. The maximum Gasteiger partial charge on any atom is 0.344 e. The summed E-state index contributed by atoms with van der Waals surface area (Å²) in [4.78, 5) is 24.6. The number of hydrogen-bond donors (Lipinski definition) is 2. The van der Waals surface area contributed by atoms with Gasteiger partial charge in [-0.3, -0.25) is 4.79 Å². The van der Waals surface area contributed by atoms with Crippen LogP contribution in [0.3, 0.4) is 0 Å². The zero-order valence-electron chi connectivity index (χ0n) is 21.3. The van der Waals surface area contributed by atoms with Crippen LogP contribution in [0.25, 0.3) is 11.1 Å². The molecule has 0 amide bonds. The molecule has 0 aliphatic heterocycles. The number of benzene rings is 2. The van der Waals surface area contributed by atoms with Gasteiger partial charge in [0.2, 0.25) is 5.60 Å². The van der Waals surface area contributed by atoms with Crippen molar-refractivity contribution in [1.29, 1.82) is 0 Å². The number of methoxy groups -OCH3 is 1. The first kappa shape index (κ1) is 27.4. The van der Waals surface area contributed by atoms with Crippen LogP contribution in [0.4, 0.5) is 0 Å². The van der Waals surface area contributed by atoms with Gasteiger partial charge < -0.3 is 19.7 Å². The Morgan fingerprint density at radius 2 is 1.67 bits per heavy atom. The molecule has 6 nitrogen and oxygen atoms in total. The zero-order valence-corrected chi connectivity index (χ0v) is 21.3. The SMILES string of the molecule is C=C(C/C=C/[C@@](O)(C(=O)OC)[C@H](O)[C@@H](C)CC)CCC(=O)OCC1c2ccccc2-c2ccccc21. The third kappa shape index (κ3) is 5.94. The molecule has 0 heterocycles. The van der Waals surface area contributed by atoms with Gasteiger partial charge in [-0.2, -0.15) is 0 Å². The van der Waals surface area contributed by atoms with Crippen molar-refractivity contribution in [1.82, 2.24) is 0 Å². The van der Waals surface area contributed by atoms with Crippen molar-refractivity contribution in [2.45, 2.75) is 57.2 Å². The van der Waals surface area contributed by atoms with E-state index in [1.165, 1.54) is 28.3 Å². The molecule has 0 fully saturated rings. The molecule has 1 aliphatic rings. The second-order valence-corrected chi connectivity index (χ2v) is 9.41. The number of aliphatic hydroxyl groups is 2. The van der Waals surface area contributed by atoms with Crippen LogP contribution in [-0.2, 0) is 19.1 Å². The number of hydrogen-bond acceptors (Lipinski definition) is 6. The van der Waals surface area contributed by atoms with Crippen molar-refractivity contribution in [3.63, 3.8) is 0 Å². The van der Waals surface area contributed by atoms with Gasteiger partial charge in [0, 0.05) is 12.3 Å². The predicted molar refractivity (Wildman–Crippen MR) is 139 cm³/mol. The third-order valence-corrected chi connectivity index (χ3v) is 6.98. The number of esters is 2. The molecular weight excluding hydrogens is 456 g/mol. The number of carbonyl (C=O) groups is 2. The summed E-state index contributed by atoms with van der Waals surface area (Å²) in [6.07, 6.45) is 3.03. The number of rotatable bonds is 12. The van der Waals surface area contributed by atoms with Gasteiger partial charge in [-0.25, -0.2) is 4.79 Å². The fourth-order valence-corrected chi connectivity index (χ4v) is 4.58. The number of carbonyl (C=O) groups excluding carboxylic acids is 2. The van der Waals surface area contributed by atoms with Crippen molar-refractivity contribution in [3.8, 4) is 11.1 Å². The molecule has 0 aromatic heterocycles. The van der Waals surface area contributed by atoms with Crippen LogP contribution in [0.15, 0.2) is 72.8 Å². The topological polar surface area (TPSA) is 93.1 Å². The summed E-state index contributed by atoms with van der Waals surface area (Å²) in [7, 11) is 1.16. The van der Waals surface area contributed by atoms with E-state index in [2.05, 4.69) is 30.8 Å². The lowest BCUT2D eigenvalue weighted by Crippen LogP contribution is -2.51. The number of ether oxygens (including phenoxy) is 2. The van der Waals surface area contributed by atoms with Crippen LogP contribution in [0.5, 0.6) is 0 Å². The highest BCUT2D eigenvalue weighted by Crippen LogP contribution is 2.44. The van der Waals surface area contributed by atoms with Crippen LogP contribution in [0.1, 0.15) is 56.6 Å². The highest BCUT2D eigenvalue weighted by atomic mass is 16.5. The lowest BCUT2D eigenvalue weighted by Gasteiger charge is -2.31. The van der Waals surface area contributed by atoms with Crippen LogP contribution in [-0.4, -0.2) is 47.6 Å². The molecule has 0 bridgehead atoms. The number of allylic oxidation sites excluding steroid dienone is 2. The Balaban J connectivity index is 1.52. The van der Waals surface area contributed by atoms with Gasteiger partial charge in [0.05, 0.1) is 13.2 Å². The molecule has 3 atom stereocenters. The molecule has 36 heavy (non-hydrogen) atoms. The monoisotopic (exact) mass is 492 g/mol. The highest BCUT2D eigenvalue weighted by Gasteiger charge is 2.44. The smallest absolute Gasteiger partial charge is 0.344 e. The average molecular weight is 493 g/mol. The second-order valence-electron chi connectivity index (χ2n) is 9.41. The number of fused-ring (bicyclic) bond motifs is 3. The maximum atomic E-state index is 12.5. The van der Waals surface area contributed by atoms with Crippen LogP contribution in [0.2, 0.25) is 0 Å². The van der Waals surface area contributed by atoms with E-state index in [1.54, 1.807) is 13.0 Å². The Bertz CT molecular complexity index is 1070. The minimum atomic E-state index is -2.14. The Morgan fingerprint density at radius 3 is 2.22 bits per heavy atom. The van der Waals surface area contributed by atoms with E-state index in [1.807, 2.05) is 31.2 Å². The molecule has 2 aromatic rings. The van der Waals surface area contributed by atoms with E-state index < -0.39 is 17.7 Å². The van der Waals surface area contributed by atoms with Crippen LogP contribution >= 0.6 is 0 Å². The standard InChI is InChI=1S/C30H36O6/c1-5-21(3)28(32)30(34,29(33)35-4)18-10-11-20(2)16-17-27(31)36-19-26-24-14-8-6-12-22(24)23-13-7-9-15-25(23)26/h6-10,12-15,18,21,26,28,32,34H,2,5,11,16-17,19H2,1,3-4H3/b18-10+/t21-,28+,30-/m0/s1. The van der Waals surface area contributed by atoms with E-state index in [0.29, 0.717) is 19.3 Å². The van der Waals surface area contributed by atoms with Gasteiger partial charge in [0.1, 0.15) is 6.61 Å². The fourth-order valence-electron chi connectivity index (χ4n) is 4.58. The third-order valence-electron chi connectivity index (χ3n) is 6.98. The average Bonchev–Trinajstić information content (AvgIpc) is 3.22. The van der Waals surface area contributed by atoms with E-state index in [0.717, 1.165) is 12.7 Å². The molecule has 192 valence electrons. The normalized spacial score (nSPS) is 16.0. The lowest BCUT2D eigenvalue weighted by atomic mass is 9.85. The molecule has 2 aromatic carbocycles. The first-order chi connectivity index (χ1) is 17.2. The lowest BCUT2D eigenvalue weighted by molar-refractivity contribution is -0.170. The fraction of sp³-hybridized carbons (Fsp3) is 0.400. The first-order valence-electron chi connectivity index (χ1n) is 12.4. The Kier molecular flexibility index (Phi) is 9.24. The minimum Gasteiger partial charge on any atom is -0.467 e. The van der Waals surface area contributed by atoms with Gasteiger partial charge in [0.25, 0.3) is 0 Å². The highest BCUT2D eigenvalue weighted by molar-refractivity contribution is 5.82. The van der Waals surface area contributed by atoms with Gasteiger partial charge in [-0.1, -0.05) is 87.0 Å². The number of aliphatic hydroxyl groups excluding tert-OH is 1. The summed E-state index contributed by atoms with van der Waals surface area (Å²) in [5.74, 6) is -1.52. The van der Waals surface area contributed by atoms with Crippen LogP contribution < -0.4 is 0 Å². The largest absolute Gasteiger partial charge is 0.467 e. The summed E-state index contributed by atoms with van der Waals surface area (Å²) in [5.41, 5.74) is 3.29. The molecule has 3 rings (SSSR count). The predicted octanol–water partition coefficient (Wildman–Crippen LogP) is 4.94. The van der Waals surface area contributed by atoms with Gasteiger partial charge in [0.15, 0.2) is 0 Å².